The van der Waals surface area contributed by atoms with Crippen molar-refractivity contribution >= 4 is 0 Å². The van der Waals surface area contributed by atoms with Gasteiger partial charge in [0.15, 0.2) is 0 Å². The Hall–Kier alpha value is -0.780. The summed E-state index contributed by atoms with van der Waals surface area (Å²) in [7, 11) is 0. The summed E-state index contributed by atoms with van der Waals surface area (Å²) in [6, 6.07) is 0. The largest absolute Gasteiger partial charge is 0.495 e. The first-order valence-corrected chi connectivity index (χ1v) is 11.1. The van der Waals surface area contributed by atoms with Crippen LogP contribution in [0.2, 0.25) is 0 Å². The molecule has 0 aromatic heterocycles. The fourth-order valence-corrected chi connectivity index (χ4v) is 2.49. The van der Waals surface area contributed by atoms with Gasteiger partial charge in [0.1, 0.15) is 19.3 Å². The number of unbranched alkanes of at least 4 members (excludes halogenated alkanes) is 3. The van der Waals surface area contributed by atoms with Gasteiger partial charge in [0.25, 0.3) is 0 Å². The molecule has 3 N–H and O–H groups in total. The molecule has 15 heteroatoms. The fourth-order valence-electron chi connectivity index (χ4n) is 2.49. The van der Waals surface area contributed by atoms with Gasteiger partial charge in [0, 0.05) is 0 Å². The first kappa shape index (κ1) is 34.2. The molecule has 0 rings (SSSR count). The second kappa shape index (κ2) is 18.5. The minimum atomic E-state index is -5.38. The van der Waals surface area contributed by atoms with Crippen LogP contribution in [0.3, 0.4) is 0 Å². The van der Waals surface area contributed by atoms with E-state index in [1.54, 1.807) is 0 Å². The average Bonchev–Trinajstić information content (AvgIpc) is 2.72. The number of aliphatic hydroxyl groups is 3. The number of hydrogen-bond donors (Lipinski definition) is 3. The van der Waals surface area contributed by atoms with Gasteiger partial charge in [0.2, 0.25) is 0 Å². The summed E-state index contributed by atoms with van der Waals surface area (Å²) in [5.41, 5.74) is 0. The summed E-state index contributed by atoms with van der Waals surface area (Å²) >= 11 is 0. The Morgan fingerprint density at radius 1 is 0.657 bits per heavy atom. The Bertz CT molecular complexity index is 517. The first-order valence-electron chi connectivity index (χ1n) is 11.1. The molecular weight excluding hydrogens is 498 g/mol. The molecule has 0 radical (unpaired) electrons. The molecular formula is C20H36F6O9. The van der Waals surface area contributed by atoms with Crippen molar-refractivity contribution in [2.75, 3.05) is 59.5 Å². The molecule has 35 heavy (non-hydrogen) atoms. The number of halogens is 6. The number of rotatable bonds is 24. The molecule has 0 aliphatic carbocycles. The summed E-state index contributed by atoms with van der Waals surface area (Å²) in [5.74, 6) is 0. The van der Waals surface area contributed by atoms with Crippen LogP contribution in [0.25, 0.3) is 0 Å². The molecule has 0 heterocycles. The second-order valence-corrected chi connectivity index (χ2v) is 7.54. The molecule has 0 amide bonds. The van der Waals surface area contributed by atoms with E-state index < -0.39 is 57.1 Å². The molecule has 0 saturated carbocycles. The van der Waals surface area contributed by atoms with Crippen molar-refractivity contribution in [3.05, 3.63) is 0 Å². The quantitative estimate of drug-likeness (QED) is 0.0976. The number of hydrogen-bond acceptors (Lipinski definition) is 9. The molecule has 0 aromatic rings. The van der Waals surface area contributed by atoms with Gasteiger partial charge in [-0.2, -0.15) is 17.6 Å². The molecule has 0 aliphatic heterocycles. The topological polar surface area (TPSA) is 116 Å². The molecule has 0 spiro atoms. The zero-order chi connectivity index (χ0) is 26.8. The van der Waals surface area contributed by atoms with Gasteiger partial charge in [-0.15, -0.1) is 8.78 Å². The van der Waals surface area contributed by atoms with E-state index in [1.807, 2.05) is 6.92 Å². The monoisotopic (exact) mass is 534 g/mol. The highest BCUT2D eigenvalue weighted by molar-refractivity contribution is 4.59. The van der Waals surface area contributed by atoms with E-state index in [0.717, 1.165) is 19.3 Å². The van der Waals surface area contributed by atoms with Crippen LogP contribution in [-0.4, -0.2) is 106 Å². The van der Waals surface area contributed by atoms with Crippen molar-refractivity contribution in [1.82, 2.24) is 0 Å². The van der Waals surface area contributed by atoms with Gasteiger partial charge in [-0.05, 0) is 6.42 Å². The predicted molar refractivity (Wildman–Crippen MR) is 108 cm³/mol. The molecule has 0 saturated heterocycles. The van der Waals surface area contributed by atoms with Crippen LogP contribution in [0.5, 0.6) is 0 Å². The van der Waals surface area contributed by atoms with Gasteiger partial charge < -0.3 is 34.3 Å². The zero-order valence-electron chi connectivity index (χ0n) is 19.6. The third-order valence-corrected chi connectivity index (χ3v) is 4.01. The first-order chi connectivity index (χ1) is 16.3. The predicted octanol–water partition coefficient (Wildman–Crippen LogP) is 2.51. The smallest absolute Gasteiger partial charge is 0.394 e. The van der Waals surface area contributed by atoms with Crippen molar-refractivity contribution in [3.8, 4) is 0 Å². The summed E-state index contributed by atoms with van der Waals surface area (Å²) in [5, 5.41) is 27.5. The number of ether oxygens (including phenoxy) is 6. The van der Waals surface area contributed by atoms with Crippen LogP contribution in [0.1, 0.15) is 39.0 Å². The van der Waals surface area contributed by atoms with E-state index in [-0.39, 0.29) is 39.5 Å². The lowest BCUT2D eigenvalue weighted by Crippen LogP contribution is -2.44. The molecule has 2 unspecified atom stereocenters. The van der Waals surface area contributed by atoms with E-state index in [1.165, 1.54) is 0 Å². The molecule has 0 bridgehead atoms. The number of alkyl halides is 6. The number of aliphatic hydroxyl groups excluding tert-OH is 3. The highest BCUT2D eigenvalue weighted by atomic mass is 19.3. The van der Waals surface area contributed by atoms with Gasteiger partial charge >= 0.3 is 18.5 Å². The standard InChI is InChI=1S/C20H36F6O9/c1-2-3-4-5-6-16(28)11-33-15-19(23,24)35-20(25,26)34-18(21,22)14-32-10-9-31-13-17(29)12-30-8-7-27/h16-17,27-29H,2-15H2,1H3. The summed E-state index contributed by atoms with van der Waals surface area (Å²) in [4.78, 5) is 0. The fraction of sp³-hybridized carbons (Fsp3) is 1.00. The van der Waals surface area contributed by atoms with Crippen LogP contribution in [0.15, 0.2) is 0 Å². The lowest BCUT2D eigenvalue weighted by atomic mass is 10.1. The third kappa shape index (κ3) is 21.0. The maximum atomic E-state index is 13.5. The Kier molecular flexibility index (Phi) is 18.1. The average molecular weight is 534 g/mol. The van der Waals surface area contributed by atoms with Crippen molar-refractivity contribution in [3.63, 3.8) is 0 Å². The van der Waals surface area contributed by atoms with Crippen molar-refractivity contribution in [1.29, 1.82) is 0 Å². The van der Waals surface area contributed by atoms with Crippen LogP contribution >= 0.6 is 0 Å². The molecule has 212 valence electrons. The van der Waals surface area contributed by atoms with Crippen LogP contribution in [0, 0.1) is 0 Å². The molecule has 0 aromatic carbocycles. The van der Waals surface area contributed by atoms with E-state index in [2.05, 4.69) is 18.9 Å². The highest BCUT2D eigenvalue weighted by Crippen LogP contribution is 2.33. The highest BCUT2D eigenvalue weighted by Gasteiger charge is 2.52. The van der Waals surface area contributed by atoms with Gasteiger partial charge in [-0.25, -0.2) is 9.47 Å². The summed E-state index contributed by atoms with van der Waals surface area (Å²) in [6.45, 7) is -3.47. The third-order valence-electron chi connectivity index (χ3n) is 4.01. The van der Waals surface area contributed by atoms with Crippen LogP contribution < -0.4 is 0 Å². The van der Waals surface area contributed by atoms with Crippen molar-refractivity contribution in [2.24, 2.45) is 0 Å². The lowest BCUT2D eigenvalue weighted by Gasteiger charge is -2.26. The maximum absolute atomic E-state index is 13.5. The maximum Gasteiger partial charge on any atom is 0.495 e. The minimum Gasteiger partial charge on any atom is -0.394 e. The normalized spacial score (nSPS) is 14.9. The van der Waals surface area contributed by atoms with Gasteiger partial charge in [-0.3, -0.25) is 0 Å². The lowest BCUT2D eigenvalue weighted by molar-refractivity contribution is -0.518. The van der Waals surface area contributed by atoms with E-state index in [4.69, 9.17) is 14.6 Å². The zero-order valence-corrected chi connectivity index (χ0v) is 19.6. The molecule has 9 nitrogen and oxygen atoms in total. The van der Waals surface area contributed by atoms with E-state index in [9.17, 15) is 36.6 Å². The Labute approximate surface area is 200 Å². The summed E-state index contributed by atoms with van der Waals surface area (Å²) in [6.07, 6.45) is -13.3. The summed E-state index contributed by atoms with van der Waals surface area (Å²) < 4.78 is 106. The second-order valence-electron chi connectivity index (χ2n) is 7.54. The van der Waals surface area contributed by atoms with Crippen LogP contribution in [-0.2, 0) is 28.4 Å². The van der Waals surface area contributed by atoms with Crippen LogP contribution in [0.4, 0.5) is 26.3 Å². The van der Waals surface area contributed by atoms with Crippen molar-refractivity contribution in [2.45, 2.75) is 69.7 Å². The Balaban J connectivity index is 4.16. The van der Waals surface area contributed by atoms with Gasteiger partial charge in [0.05, 0.1) is 52.4 Å². The van der Waals surface area contributed by atoms with Gasteiger partial charge in [-0.1, -0.05) is 32.6 Å². The Morgan fingerprint density at radius 2 is 1.17 bits per heavy atom. The van der Waals surface area contributed by atoms with Crippen molar-refractivity contribution < 1.29 is 70.1 Å². The van der Waals surface area contributed by atoms with E-state index >= 15 is 0 Å². The Morgan fingerprint density at radius 3 is 1.74 bits per heavy atom. The SMILES string of the molecule is CCCCCCC(O)COCC(F)(F)OC(F)(F)OC(F)(F)COCCOCC(O)COCCO. The minimum absolute atomic E-state index is 0.00484. The molecule has 2 atom stereocenters. The molecule has 0 aliphatic rings. The van der Waals surface area contributed by atoms with E-state index in [0.29, 0.717) is 6.42 Å². The molecule has 0 fully saturated rings.